The Balaban J connectivity index is 1.99. The van der Waals surface area contributed by atoms with Crippen molar-refractivity contribution in [2.45, 2.75) is 45.6 Å². The number of hydrogen-bond acceptors (Lipinski definition) is 3. The maximum atomic E-state index is 11.9. The largest absolute Gasteiger partial charge is 0.361 e. The van der Waals surface area contributed by atoms with E-state index in [1.54, 1.807) is 6.92 Å². The van der Waals surface area contributed by atoms with Crippen LogP contribution in [0.15, 0.2) is 10.7 Å². The summed E-state index contributed by atoms with van der Waals surface area (Å²) >= 11 is 0. The topological polar surface area (TPSA) is 55.1 Å². The van der Waals surface area contributed by atoms with Gasteiger partial charge in [-0.05, 0) is 25.7 Å². The summed E-state index contributed by atoms with van der Waals surface area (Å²) in [6.07, 6.45) is 6.25. The highest BCUT2D eigenvalue weighted by Gasteiger charge is 2.24. The summed E-state index contributed by atoms with van der Waals surface area (Å²) < 4.78 is 4.89. The Kier molecular flexibility index (Phi) is 3.27. The molecule has 0 bridgehead atoms. The van der Waals surface area contributed by atoms with Crippen LogP contribution in [0.3, 0.4) is 0 Å². The molecule has 0 aliphatic heterocycles. The molecule has 0 spiro atoms. The van der Waals surface area contributed by atoms with E-state index >= 15 is 0 Å². The quantitative estimate of drug-likeness (QED) is 0.835. The first kappa shape index (κ1) is 11.2. The smallest absolute Gasteiger partial charge is 0.256 e. The lowest BCUT2D eigenvalue weighted by Gasteiger charge is -2.29. The SMILES string of the molecule is Cc1oncc1C(=O)NC1CCCCC1C. The summed E-state index contributed by atoms with van der Waals surface area (Å²) in [5.41, 5.74) is 0.553. The van der Waals surface area contributed by atoms with Crippen LogP contribution in [0.4, 0.5) is 0 Å². The van der Waals surface area contributed by atoms with E-state index in [9.17, 15) is 4.79 Å². The standard InChI is InChI=1S/C12H18N2O2/c1-8-5-3-4-6-11(8)14-12(15)10-7-13-16-9(10)2/h7-8,11H,3-6H2,1-2H3,(H,14,15). The summed E-state index contributed by atoms with van der Waals surface area (Å²) in [5.74, 6) is 1.09. The lowest BCUT2D eigenvalue weighted by Crippen LogP contribution is -2.41. The highest BCUT2D eigenvalue weighted by Crippen LogP contribution is 2.24. The van der Waals surface area contributed by atoms with Crippen LogP contribution in [0, 0.1) is 12.8 Å². The predicted octanol–water partition coefficient (Wildman–Crippen LogP) is 2.29. The molecule has 1 aliphatic rings. The Hall–Kier alpha value is -1.32. The van der Waals surface area contributed by atoms with Gasteiger partial charge in [-0.1, -0.05) is 24.9 Å². The summed E-state index contributed by atoms with van der Waals surface area (Å²) in [6, 6.07) is 0.301. The molecule has 4 heteroatoms. The lowest BCUT2D eigenvalue weighted by molar-refractivity contribution is 0.0908. The Morgan fingerprint density at radius 2 is 2.25 bits per heavy atom. The third-order valence-corrected chi connectivity index (χ3v) is 3.42. The van der Waals surface area contributed by atoms with Crippen molar-refractivity contribution in [1.29, 1.82) is 0 Å². The average molecular weight is 222 g/mol. The number of carbonyl (C=O) groups is 1. The van der Waals surface area contributed by atoms with Gasteiger partial charge in [0.15, 0.2) is 0 Å². The molecule has 1 amide bonds. The van der Waals surface area contributed by atoms with E-state index in [1.165, 1.54) is 25.5 Å². The molecule has 16 heavy (non-hydrogen) atoms. The van der Waals surface area contributed by atoms with E-state index in [-0.39, 0.29) is 5.91 Å². The molecule has 1 aliphatic carbocycles. The van der Waals surface area contributed by atoms with E-state index in [0.717, 1.165) is 6.42 Å². The fraction of sp³-hybridized carbons (Fsp3) is 0.667. The van der Waals surface area contributed by atoms with E-state index in [2.05, 4.69) is 17.4 Å². The van der Waals surface area contributed by atoms with Gasteiger partial charge in [-0.25, -0.2) is 0 Å². The number of hydrogen-bond donors (Lipinski definition) is 1. The molecule has 2 unspecified atom stereocenters. The van der Waals surface area contributed by atoms with Crippen molar-refractivity contribution in [3.8, 4) is 0 Å². The second kappa shape index (κ2) is 4.68. The zero-order valence-corrected chi connectivity index (χ0v) is 9.82. The summed E-state index contributed by atoms with van der Waals surface area (Å²) in [7, 11) is 0. The monoisotopic (exact) mass is 222 g/mol. The molecule has 1 saturated carbocycles. The van der Waals surface area contributed by atoms with Crippen molar-refractivity contribution < 1.29 is 9.32 Å². The van der Waals surface area contributed by atoms with Crippen LogP contribution < -0.4 is 5.32 Å². The number of aromatic nitrogens is 1. The predicted molar refractivity (Wildman–Crippen MR) is 60.1 cm³/mol. The number of nitrogens with zero attached hydrogens (tertiary/aromatic N) is 1. The van der Waals surface area contributed by atoms with Gasteiger partial charge in [0.25, 0.3) is 5.91 Å². The van der Waals surface area contributed by atoms with Crippen LogP contribution in [-0.2, 0) is 0 Å². The Labute approximate surface area is 95.4 Å². The first-order valence-electron chi connectivity index (χ1n) is 5.90. The van der Waals surface area contributed by atoms with Gasteiger partial charge in [0.1, 0.15) is 11.3 Å². The van der Waals surface area contributed by atoms with Crippen molar-refractivity contribution in [2.24, 2.45) is 5.92 Å². The fourth-order valence-electron chi connectivity index (χ4n) is 2.29. The molecule has 1 N–H and O–H groups in total. The molecule has 2 rings (SSSR count). The minimum absolute atomic E-state index is 0.0579. The van der Waals surface area contributed by atoms with Crippen LogP contribution in [0.2, 0.25) is 0 Å². The normalized spacial score (nSPS) is 25.4. The first-order chi connectivity index (χ1) is 7.68. The van der Waals surface area contributed by atoms with E-state index in [1.807, 2.05) is 0 Å². The van der Waals surface area contributed by atoms with Gasteiger partial charge in [-0.2, -0.15) is 0 Å². The number of nitrogens with one attached hydrogen (secondary N) is 1. The Morgan fingerprint density at radius 3 is 2.88 bits per heavy atom. The van der Waals surface area contributed by atoms with Crippen molar-refractivity contribution >= 4 is 5.91 Å². The molecule has 0 radical (unpaired) electrons. The molecule has 1 aromatic heterocycles. The fourth-order valence-corrected chi connectivity index (χ4v) is 2.29. The summed E-state index contributed by atoms with van der Waals surface area (Å²) in [5, 5.41) is 6.69. The van der Waals surface area contributed by atoms with Crippen molar-refractivity contribution in [1.82, 2.24) is 10.5 Å². The summed E-state index contributed by atoms with van der Waals surface area (Å²) in [6.45, 7) is 3.96. The highest BCUT2D eigenvalue weighted by molar-refractivity contribution is 5.94. The molecular formula is C12H18N2O2. The molecule has 1 aromatic rings. The first-order valence-corrected chi connectivity index (χ1v) is 5.90. The number of carbonyl (C=O) groups excluding carboxylic acids is 1. The Morgan fingerprint density at radius 1 is 1.50 bits per heavy atom. The van der Waals surface area contributed by atoms with Gasteiger partial charge >= 0.3 is 0 Å². The van der Waals surface area contributed by atoms with E-state index in [0.29, 0.717) is 23.3 Å². The molecule has 0 aromatic carbocycles. The van der Waals surface area contributed by atoms with Gasteiger partial charge < -0.3 is 9.84 Å². The lowest BCUT2D eigenvalue weighted by atomic mass is 9.86. The number of aryl methyl sites for hydroxylation is 1. The number of rotatable bonds is 2. The average Bonchev–Trinajstić information content (AvgIpc) is 2.68. The van der Waals surface area contributed by atoms with E-state index < -0.39 is 0 Å². The molecule has 1 heterocycles. The molecule has 2 atom stereocenters. The maximum Gasteiger partial charge on any atom is 0.256 e. The zero-order valence-electron chi connectivity index (χ0n) is 9.82. The molecule has 0 saturated heterocycles. The minimum atomic E-state index is -0.0579. The van der Waals surface area contributed by atoms with Gasteiger partial charge in [0.05, 0.1) is 6.20 Å². The van der Waals surface area contributed by atoms with Crippen LogP contribution in [0.1, 0.15) is 48.7 Å². The van der Waals surface area contributed by atoms with Gasteiger partial charge in [-0.3, -0.25) is 4.79 Å². The summed E-state index contributed by atoms with van der Waals surface area (Å²) in [4.78, 5) is 11.9. The van der Waals surface area contributed by atoms with Crippen molar-refractivity contribution in [3.05, 3.63) is 17.5 Å². The molecule has 1 fully saturated rings. The third kappa shape index (κ3) is 2.26. The van der Waals surface area contributed by atoms with Gasteiger partial charge in [-0.15, -0.1) is 0 Å². The zero-order chi connectivity index (χ0) is 11.5. The highest BCUT2D eigenvalue weighted by atomic mass is 16.5. The van der Waals surface area contributed by atoms with Crippen LogP contribution in [0.5, 0.6) is 0 Å². The Bertz CT molecular complexity index is 373. The minimum Gasteiger partial charge on any atom is -0.361 e. The molecule has 4 nitrogen and oxygen atoms in total. The van der Waals surface area contributed by atoms with Gasteiger partial charge in [0, 0.05) is 6.04 Å². The second-order valence-electron chi connectivity index (χ2n) is 4.64. The number of amides is 1. The molecular weight excluding hydrogens is 204 g/mol. The van der Waals surface area contributed by atoms with Gasteiger partial charge in [0.2, 0.25) is 0 Å². The maximum absolute atomic E-state index is 11.9. The van der Waals surface area contributed by atoms with Crippen LogP contribution >= 0.6 is 0 Å². The van der Waals surface area contributed by atoms with Crippen LogP contribution in [0.25, 0.3) is 0 Å². The van der Waals surface area contributed by atoms with E-state index in [4.69, 9.17) is 4.52 Å². The second-order valence-corrected chi connectivity index (χ2v) is 4.64. The van der Waals surface area contributed by atoms with Crippen LogP contribution in [-0.4, -0.2) is 17.1 Å². The third-order valence-electron chi connectivity index (χ3n) is 3.42. The molecule has 88 valence electrons. The van der Waals surface area contributed by atoms with Crippen molar-refractivity contribution in [3.63, 3.8) is 0 Å². The van der Waals surface area contributed by atoms with Crippen molar-refractivity contribution in [2.75, 3.05) is 0 Å².